The first-order chi connectivity index (χ1) is 7.82. The van der Waals surface area contributed by atoms with Crippen LogP contribution in [0.3, 0.4) is 0 Å². The monoisotopic (exact) mass is 237 g/mol. The summed E-state index contributed by atoms with van der Waals surface area (Å²) in [7, 11) is 0. The van der Waals surface area contributed by atoms with Crippen molar-refractivity contribution in [2.45, 2.75) is 47.1 Å². The Morgan fingerprint density at radius 3 is 2.29 bits per heavy atom. The van der Waals surface area contributed by atoms with Crippen molar-refractivity contribution in [1.29, 1.82) is 0 Å². The average Bonchev–Trinajstić information content (AvgIpc) is 2.63. The summed E-state index contributed by atoms with van der Waals surface area (Å²) in [4.78, 5) is 7.93. The highest BCUT2D eigenvalue weighted by molar-refractivity contribution is 5.43. The van der Waals surface area contributed by atoms with Crippen LogP contribution in [0.25, 0.3) is 0 Å². The smallest absolute Gasteiger partial charge is 0.186 e. The van der Waals surface area contributed by atoms with Gasteiger partial charge in [-0.2, -0.15) is 0 Å². The summed E-state index contributed by atoms with van der Waals surface area (Å²) in [5.41, 5.74) is 0.798. The van der Waals surface area contributed by atoms with Gasteiger partial charge in [-0.3, -0.25) is 0 Å². The van der Waals surface area contributed by atoms with E-state index >= 15 is 0 Å². The number of hydrogen-bond acceptors (Lipinski definition) is 3. The van der Waals surface area contributed by atoms with Crippen LogP contribution in [-0.4, -0.2) is 16.0 Å². The molecule has 0 atom stereocenters. The molecule has 0 amide bonds. The van der Waals surface area contributed by atoms with Crippen LogP contribution in [0.2, 0.25) is 0 Å². The minimum absolute atomic E-state index is 0.163. The van der Waals surface area contributed by atoms with Crippen molar-refractivity contribution in [3.63, 3.8) is 0 Å². The molecular weight excluding hydrogens is 217 g/mol. The highest BCUT2D eigenvalue weighted by atomic mass is 19.1. The van der Waals surface area contributed by atoms with Crippen LogP contribution < -0.4 is 5.32 Å². The van der Waals surface area contributed by atoms with Crippen LogP contribution in [0, 0.1) is 16.6 Å². The summed E-state index contributed by atoms with van der Waals surface area (Å²) >= 11 is 0. The van der Waals surface area contributed by atoms with Crippen molar-refractivity contribution in [2.75, 3.05) is 5.32 Å². The first kappa shape index (κ1) is 12.3. The van der Waals surface area contributed by atoms with E-state index in [1.165, 1.54) is 6.33 Å². The summed E-state index contributed by atoms with van der Waals surface area (Å²) in [6, 6.07) is 0.254. The molecule has 0 aliphatic heterocycles. The third kappa shape index (κ3) is 1.70. The van der Waals surface area contributed by atoms with Gasteiger partial charge in [-0.25, -0.2) is 14.4 Å². The van der Waals surface area contributed by atoms with Crippen LogP contribution in [0.5, 0.6) is 0 Å². The summed E-state index contributed by atoms with van der Waals surface area (Å²) in [5, 5.41) is 3.21. The Morgan fingerprint density at radius 2 is 1.82 bits per heavy atom. The molecular formula is C13H20FN3. The molecule has 1 heterocycles. The second-order valence-corrected chi connectivity index (χ2v) is 5.86. The van der Waals surface area contributed by atoms with Gasteiger partial charge in [0, 0.05) is 6.04 Å². The van der Waals surface area contributed by atoms with Gasteiger partial charge in [-0.15, -0.1) is 0 Å². The molecule has 0 unspecified atom stereocenters. The molecule has 0 bridgehead atoms. The SMILES string of the molecule is CCc1ncnc(NC2C(C)(C)C2(C)C)c1F. The zero-order valence-corrected chi connectivity index (χ0v) is 11.1. The quantitative estimate of drug-likeness (QED) is 0.878. The van der Waals surface area contributed by atoms with Crippen molar-refractivity contribution < 1.29 is 4.39 Å². The zero-order valence-electron chi connectivity index (χ0n) is 11.1. The summed E-state index contributed by atoms with van der Waals surface area (Å²) in [5.74, 6) is 0.0222. The van der Waals surface area contributed by atoms with E-state index in [1.807, 2.05) is 6.92 Å². The molecule has 1 fully saturated rings. The van der Waals surface area contributed by atoms with Gasteiger partial charge in [0.1, 0.15) is 6.33 Å². The standard InChI is InChI=1S/C13H20FN3/c1-6-8-9(14)10(16-7-15-8)17-11-12(2,3)13(11,4)5/h7,11H,6H2,1-5H3,(H,15,16,17). The number of rotatable bonds is 3. The Labute approximate surface area is 102 Å². The summed E-state index contributed by atoms with van der Waals surface area (Å²) in [6.45, 7) is 10.6. The minimum Gasteiger partial charge on any atom is -0.364 e. The molecule has 1 aromatic rings. The van der Waals surface area contributed by atoms with Gasteiger partial charge in [-0.05, 0) is 17.3 Å². The Hall–Kier alpha value is -1.19. The van der Waals surface area contributed by atoms with Crippen molar-refractivity contribution in [3.8, 4) is 0 Å². The van der Waals surface area contributed by atoms with Gasteiger partial charge in [0.2, 0.25) is 0 Å². The predicted molar refractivity (Wildman–Crippen MR) is 66.3 cm³/mol. The molecule has 0 saturated heterocycles. The van der Waals surface area contributed by atoms with Crippen molar-refractivity contribution in [3.05, 3.63) is 17.8 Å². The average molecular weight is 237 g/mol. The molecule has 1 aliphatic carbocycles. The van der Waals surface area contributed by atoms with Crippen LogP contribution in [0.4, 0.5) is 10.2 Å². The van der Waals surface area contributed by atoms with Crippen LogP contribution in [0.15, 0.2) is 6.33 Å². The maximum Gasteiger partial charge on any atom is 0.186 e. The van der Waals surface area contributed by atoms with Crippen LogP contribution in [0.1, 0.15) is 40.3 Å². The lowest BCUT2D eigenvalue weighted by molar-refractivity contribution is 0.457. The second kappa shape index (κ2) is 3.65. The maximum absolute atomic E-state index is 14.0. The van der Waals surface area contributed by atoms with E-state index in [0.717, 1.165) is 0 Å². The Bertz CT molecular complexity index is 426. The first-order valence-corrected chi connectivity index (χ1v) is 6.08. The van der Waals surface area contributed by atoms with Gasteiger partial charge >= 0.3 is 0 Å². The number of aromatic nitrogens is 2. The zero-order chi connectivity index (χ0) is 12.8. The fraction of sp³-hybridized carbons (Fsp3) is 0.692. The lowest BCUT2D eigenvalue weighted by atomic mass is 10.0. The fourth-order valence-electron chi connectivity index (χ4n) is 2.45. The normalized spacial score (nSPS) is 21.3. The number of anilines is 1. The van der Waals surface area contributed by atoms with Gasteiger partial charge in [0.25, 0.3) is 0 Å². The molecule has 0 spiro atoms. The largest absolute Gasteiger partial charge is 0.364 e. The Balaban J connectivity index is 2.22. The first-order valence-electron chi connectivity index (χ1n) is 6.08. The van der Waals surface area contributed by atoms with E-state index in [-0.39, 0.29) is 22.7 Å². The predicted octanol–water partition coefficient (Wildman–Crippen LogP) is 3.02. The van der Waals surface area contributed by atoms with E-state index in [1.54, 1.807) is 0 Å². The van der Waals surface area contributed by atoms with Crippen molar-refractivity contribution in [1.82, 2.24) is 9.97 Å². The van der Waals surface area contributed by atoms with Crippen LogP contribution >= 0.6 is 0 Å². The number of nitrogens with one attached hydrogen (secondary N) is 1. The number of nitrogens with zero attached hydrogens (tertiary/aromatic N) is 2. The van der Waals surface area contributed by atoms with E-state index in [0.29, 0.717) is 17.9 Å². The molecule has 1 saturated carbocycles. The van der Waals surface area contributed by atoms with Gasteiger partial charge in [0.15, 0.2) is 11.6 Å². The van der Waals surface area contributed by atoms with Gasteiger partial charge < -0.3 is 5.32 Å². The van der Waals surface area contributed by atoms with Crippen LogP contribution in [-0.2, 0) is 6.42 Å². The second-order valence-electron chi connectivity index (χ2n) is 5.86. The van der Waals surface area contributed by atoms with E-state index in [4.69, 9.17) is 0 Å². The van der Waals surface area contributed by atoms with Crippen molar-refractivity contribution >= 4 is 5.82 Å². The Morgan fingerprint density at radius 1 is 1.24 bits per heavy atom. The van der Waals surface area contributed by atoms with E-state index in [2.05, 4.69) is 43.0 Å². The molecule has 3 nitrogen and oxygen atoms in total. The lowest BCUT2D eigenvalue weighted by Crippen LogP contribution is -2.14. The molecule has 0 radical (unpaired) electrons. The fourth-order valence-corrected chi connectivity index (χ4v) is 2.45. The lowest BCUT2D eigenvalue weighted by Gasteiger charge is -2.09. The molecule has 0 aromatic carbocycles. The molecule has 1 aromatic heterocycles. The molecule has 17 heavy (non-hydrogen) atoms. The summed E-state index contributed by atoms with van der Waals surface area (Å²) in [6.07, 6.45) is 2.01. The molecule has 1 aliphatic rings. The molecule has 94 valence electrons. The number of halogens is 1. The van der Waals surface area contributed by atoms with E-state index in [9.17, 15) is 4.39 Å². The molecule has 4 heteroatoms. The number of hydrogen-bond donors (Lipinski definition) is 1. The van der Waals surface area contributed by atoms with Crippen molar-refractivity contribution in [2.24, 2.45) is 10.8 Å². The van der Waals surface area contributed by atoms with Gasteiger partial charge in [-0.1, -0.05) is 34.6 Å². The minimum atomic E-state index is -0.312. The highest BCUT2D eigenvalue weighted by Crippen LogP contribution is 2.63. The third-order valence-electron chi connectivity index (χ3n) is 4.50. The number of aryl methyl sites for hydroxylation is 1. The molecule has 1 N–H and O–H groups in total. The topological polar surface area (TPSA) is 37.8 Å². The Kier molecular flexibility index (Phi) is 2.64. The maximum atomic E-state index is 14.0. The van der Waals surface area contributed by atoms with Gasteiger partial charge in [0.05, 0.1) is 5.69 Å². The highest BCUT2D eigenvalue weighted by Gasteiger charge is 2.65. The molecule has 2 rings (SSSR count). The third-order valence-corrected chi connectivity index (χ3v) is 4.50. The van der Waals surface area contributed by atoms with E-state index < -0.39 is 0 Å². The summed E-state index contributed by atoms with van der Waals surface area (Å²) < 4.78 is 14.0.